The summed E-state index contributed by atoms with van der Waals surface area (Å²) < 4.78 is 11.2. The number of rotatable bonds is 10. The van der Waals surface area contributed by atoms with Crippen LogP contribution >= 0.6 is 0 Å². The van der Waals surface area contributed by atoms with E-state index in [9.17, 15) is 14.4 Å². The van der Waals surface area contributed by atoms with Crippen LogP contribution in [0.15, 0.2) is 24.3 Å². The smallest absolute Gasteiger partial charge is 0.410 e. The lowest BCUT2D eigenvalue weighted by Crippen LogP contribution is -2.63. The fourth-order valence-corrected chi connectivity index (χ4v) is 5.02. The van der Waals surface area contributed by atoms with Crippen molar-refractivity contribution in [1.29, 1.82) is 0 Å². The number of ketones is 1. The monoisotopic (exact) mass is 464 g/mol. The molecule has 180 valence electrons. The molecular weight excluding hydrogens is 424 g/mol. The van der Waals surface area contributed by atoms with Gasteiger partial charge >= 0.3 is 6.09 Å². The van der Waals surface area contributed by atoms with E-state index in [0.29, 0.717) is 18.7 Å². The SMILES string of the molecule is C=CCOC(=O)N1CCC[C@@H]1C=C(C)C(=O)C[C@H]1NC(=O)[C@H]1[C@@H](CO[SiH](C)C)C(C)(C)C. The first kappa shape index (κ1) is 26.3. The zero-order chi connectivity index (χ0) is 24.1. The molecule has 0 aromatic heterocycles. The zero-order valence-electron chi connectivity index (χ0n) is 20.5. The number of ether oxygens (including phenoxy) is 1. The van der Waals surface area contributed by atoms with E-state index in [-0.39, 0.29) is 60.1 Å². The number of nitrogens with one attached hydrogen (secondary N) is 1. The van der Waals surface area contributed by atoms with Crippen LogP contribution in [0.3, 0.4) is 0 Å². The van der Waals surface area contributed by atoms with Crippen molar-refractivity contribution in [3.8, 4) is 0 Å². The minimum Gasteiger partial charge on any atom is -0.445 e. The summed E-state index contributed by atoms with van der Waals surface area (Å²) in [5.74, 6) is -0.169. The molecule has 2 rings (SSSR count). The highest BCUT2D eigenvalue weighted by Crippen LogP contribution is 2.39. The summed E-state index contributed by atoms with van der Waals surface area (Å²) in [5, 5.41) is 2.94. The van der Waals surface area contributed by atoms with Crippen molar-refractivity contribution >= 4 is 26.8 Å². The Morgan fingerprint density at radius 2 is 2.03 bits per heavy atom. The van der Waals surface area contributed by atoms with Gasteiger partial charge in [-0.1, -0.05) is 39.5 Å². The van der Waals surface area contributed by atoms with Crippen molar-refractivity contribution in [2.45, 2.75) is 72.1 Å². The molecule has 4 atom stereocenters. The number of hydrogen-bond donors (Lipinski definition) is 1. The molecule has 0 unspecified atom stereocenters. The average Bonchev–Trinajstić information content (AvgIpc) is 3.15. The summed E-state index contributed by atoms with van der Waals surface area (Å²) in [6, 6.07) is -0.327. The maximum atomic E-state index is 13.0. The van der Waals surface area contributed by atoms with Crippen LogP contribution in [0.4, 0.5) is 4.79 Å². The van der Waals surface area contributed by atoms with Crippen molar-refractivity contribution in [2.75, 3.05) is 19.8 Å². The topological polar surface area (TPSA) is 84.9 Å². The number of hydrogen-bond acceptors (Lipinski definition) is 5. The second-order valence-corrected chi connectivity index (χ2v) is 12.7. The fourth-order valence-electron chi connectivity index (χ4n) is 4.43. The molecule has 0 aliphatic carbocycles. The molecule has 0 aromatic rings. The number of carbonyl (C=O) groups is 3. The van der Waals surface area contributed by atoms with E-state index in [2.05, 4.69) is 45.8 Å². The van der Waals surface area contributed by atoms with Crippen molar-refractivity contribution in [2.24, 2.45) is 17.3 Å². The van der Waals surface area contributed by atoms with E-state index in [0.717, 1.165) is 12.8 Å². The molecule has 2 aliphatic heterocycles. The van der Waals surface area contributed by atoms with E-state index in [1.165, 1.54) is 6.08 Å². The lowest BCUT2D eigenvalue weighted by atomic mass is 9.66. The maximum absolute atomic E-state index is 13.0. The number of amides is 2. The van der Waals surface area contributed by atoms with Crippen LogP contribution < -0.4 is 5.32 Å². The van der Waals surface area contributed by atoms with E-state index >= 15 is 0 Å². The third-order valence-corrected chi connectivity index (χ3v) is 7.22. The molecule has 7 nitrogen and oxygen atoms in total. The van der Waals surface area contributed by atoms with E-state index in [1.54, 1.807) is 11.8 Å². The molecule has 0 aromatic carbocycles. The number of β-lactam (4-membered cyclic amide) rings is 1. The quantitative estimate of drug-likeness (QED) is 0.232. The Morgan fingerprint density at radius 1 is 1.34 bits per heavy atom. The number of allylic oxidation sites excluding steroid dienone is 1. The Morgan fingerprint density at radius 3 is 2.59 bits per heavy atom. The van der Waals surface area contributed by atoms with E-state index in [1.807, 2.05) is 6.08 Å². The van der Waals surface area contributed by atoms with Gasteiger partial charge in [-0.05, 0) is 49.8 Å². The van der Waals surface area contributed by atoms with Gasteiger partial charge in [0.25, 0.3) is 0 Å². The van der Waals surface area contributed by atoms with Gasteiger partial charge < -0.3 is 19.4 Å². The third kappa shape index (κ3) is 6.78. The molecular formula is C24H40N2O5Si. The first-order valence-corrected chi connectivity index (χ1v) is 14.4. The van der Waals surface area contributed by atoms with Crippen LogP contribution in [0.5, 0.6) is 0 Å². The lowest BCUT2D eigenvalue weighted by molar-refractivity contribution is -0.143. The zero-order valence-corrected chi connectivity index (χ0v) is 21.6. The number of carbonyl (C=O) groups excluding carboxylic acids is 3. The normalized spacial score (nSPS) is 24.7. The molecule has 8 heteroatoms. The van der Waals surface area contributed by atoms with Gasteiger partial charge in [0.15, 0.2) is 14.8 Å². The Bertz CT molecular complexity index is 743. The highest BCUT2D eigenvalue weighted by molar-refractivity contribution is 6.48. The number of likely N-dealkylation sites (tertiary alicyclic amines) is 1. The largest absolute Gasteiger partial charge is 0.445 e. The van der Waals surface area contributed by atoms with Crippen LogP contribution in [-0.4, -0.2) is 63.6 Å². The summed E-state index contributed by atoms with van der Waals surface area (Å²) in [7, 11) is -1.21. The molecule has 0 radical (unpaired) electrons. The van der Waals surface area contributed by atoms with Gasteiger partial charge in [0.2, 0.25) is 5.91 Å². The molecule has 2 heterocycles. The highest BCUT2D eigenvalue weighted by atomic mass is 28.3. The summed E-state index contributed by atoms with van der Waals surface area (Å²) in [6.45, 7) is 17.3. The molecule has 32 heavy (non-hydrogen) atoms. The van der Waals surface area contributed by atoms with Gasteiger partial charge in [0, 0.05) is 25.6 Å². The molecule has 2 amide bonds. The van der Waals surface area contributed by atoms with Crippen LogP contribution in [0.2, 0.25) is 13.1 Å². The molecule has 0 spiro atoms. The van der Waals surface area contributed by atoms with Crippen LogP contribution in [-0.2, 0) is 18.8 Å². The summed E-state index contributed by atoms with van der Waals surface area (Å²) in [6.07, 6.45) is 4.97. The number of nitrogens with zero attached hydrogens (tertiary/aromatic N) is 1. The van der Waals surface area contributed by atoms with Gasteiger partial charge in [-0.15, -0.1) is 0 Å². The van der Waals surface area contributed by atoms with Crippen molar-refractivity contribution in [3.05, 3.63) is 24.3 Å². The lowest BCUT2D eigenvalue weighted by Gasteiger charge is -2.46. The second-order valence-electron chi connectivity index (χ2n) is 10.2. The predicted molar refractivity (Wildman–Crippen MR) is 128 cm³/mol. The minimum atomic E-state index is -1.21. The second kappa shape index (κ2) is 11.3. The van der Waals surface area contributed by atoms with Gasteiger partial charge in [0.05, 0.1) is 12.0 Å². The summed E-state index contributed by atoms with van der Waals surface area (Å²) in [4.78, 5) is 39.3. The van der Waals surface area contributed by atoms with Crippen molar-refractivity contribution in [3.63, 3.8) is 0 Å². The molecule has 0 saturated carbocycles. The third-order valence-electron chi connectivity index (χ3n) is 6.36. The van der Waals surface area contributed by atoms with Crippen molar-refractivity contribution in [1.82, 2.24) is 10.2 Å². The molecule has 2 fully saturated rings. The molecule has 1 N–H and O–H groups in total. The Hall–Kier alpha value is -1.93. The van der Waals surface area contributed by atoms with Crippen molar-refractivity contribution < 1.29 is 23.5 Å². The molecule has 2 saturated heterocycles. The highest BCUT2D eigenvalue weighted by Gasteiger charge is 2.49. The molecule has 0 bridgehead atoms. The Balaban J connectivity index is 2.04. The Kier molecular flexibility index (Phi) is 9.27. The van der Waals surface area contributed by atoms with E-state index < -0.39 is 9.04 Å². The Labute approximate surface area is 194 Å². The van der Waals surface area contributed by atoms with E-state index in [4.69, 9.17) is 9.16 Å². The van der Waals surface area contributed by atoms with Gasteiger partial charge in [-0.3, -0.25) is 9.59 Å². The van der Waals surface area contributed by atoms with Crippen LogP contribution in [0.25, 0.3) is 0 Å². The van der Waals surface area contributed by atoms with Crippen LogP contribution in [0, 0.1) is 17.3 Å². The first-order chi connectivity index (χ1) is 15.0. The standard InChI is InChI=1S/C24H40N2O5Si/c1-8-12-30-23(29)26-11-9-10-17(26)13-16(2)20(27)14-19-21(22(28)25-19)18(24(3,4)5)15-31-32(6)7/h8,13,17-19,21,32H,1,9-12,14-15H2,2-7H3,(H,25,28)/t17-,18-,19-,21+/m1/s1. The van der Waals surface area contributed by atoms with Gasteiger partial charge in [-0.25, -0.2) is 4.79 Å². The van der Waals surface area contributed by atoms with Gasteiger partial charge in [0.1, 0.15) is 6.61 Å². The van der Waals surface area contributed by atoms with Crippen LogP contribution in [0.1, 0.15) is 47.0 Å². The predicted octanol–water partition coefficient (Wildman–Crippen LogP) is 3.46. The molecule has 2 aliphatic rings. The summed E-state index contributed by atoms with van der Waals surface area (Å²) >= 11 is 0. The summed E-state index contributed by atoms with van der Waals surface area (Å²) in [5.41, 5.74) is 0.519. The van der Waals surface area contributed by atoms with Gasteiger partial charge in [-0.2, -0.15) is 0 Å². The maximum Gasteiger partial charge on any atom is 0.410 e. The minimum absolute atomic E-state index is 0.00174. The number of Topliss-reactive ketones (excluding diaryl/α,β-unsaturated/α-hetero) is 1. The average molecular weight is 465 g/mol. The first-order valence-electron chi connectivity index (χ1n) is 11.6. The fraction of sp³-hybridized carbons (Fsp3) is 0.708.